The van der Waals surface area contributed by atoms with Gasteiger partial charge in [-0.25, -0.2) is 22.4 Å². The molecule has 0 spiro atoms. The maximum atomic E-state index is 13.8. The Bertz CT molecular complexity index is 1990. The number of ether oxygens (including phenoxy) is 1. The molecule has 0 bridgehead atoms. The molecule has 6 aromatic rings. The molecule has 0 saturated carbocycles. The number of hydrogen-bond acceptors (Lipinski definition) is 6. The SMILES string of the molecule is COc1ccccc1-c1cn(S(=O)(=O)c2ccc(C)cc2)c2ncc(-c3cccc(C(O)c4nccn4C)c3)cc12. The first-order chi connectivity index (χ1) is 19.8. The van der Waals surface area contributed by atoms with E-state index in [2.05, 4.69) is 9.97 Å². The summed E-state index contributed by atoms with van der Waals surface area (Å²) in [6.07, 6.45) is 5.79. The van der Waals surface area contributed by atoms with E-state index < -0.39 is 16.1 Å². The van der Waals surface area contributed by atoms with Gasteiger partial charge in [-0.05, 0) is 48.4 Å². The maximum Gasteiger partial charge on any atom is 0.269 e. The lowest BCUT2D eigenvalue weighted by Crippen LogP contribution is -2.12. The molecule has 8 nitrogen and oxygen atoms in total. The third kappa shape index (κ3) is 4.69. The number of aromatic nitrogens is 4. The molecule has 0 aliphatic carbocycles. The average molecular weight is 565 g/mol. The van der Waals surface area contributed by atoms with Crippen molar-refractivity contribution in [2.75, 3.05) is 7.11 Å². The monoisotopic (exact) mass is 564 g/mol. The molecule has 0 amide bonds. The first kappa shape index (κ1) is 26.5. The molecule has 1 atom stereocenters. The Labute approximate surface area is 238 Å². The van der Waals surface area contributed by atoms with Crippen molar-refractivity contribution in [3.05, 3.63) is 121 Å². The summed E-state index contributed by atoms with van der Waals surface area (Å²) in [6, 6.07) is 23.7. The molecule has 3 heterocycles. The quantitative estimate of drug-likeness (QED) is 0.266. The highest BCUT2D eigenvalue weighted by atomic mass is 32.2. The van der Waals surface area contributed by atoms with Crippen molar-refractivity contribution >= 4 is 21.1 Å². The first-order valence-electron chi connectivity index (χ1n) is 13.0. The molecule has 206 valence electrons. The van der Waals surface area contributed by atoms with Crippen LogP contribution in [0.5, 0.6) is 5.75 Å². The number of hydrogen-bond donors (Lipinski definition) is 1. The van der Waals surface area contributed by atoms with Crippen molar-refractivity contribution in [3.8, 4) is 28.0 Å². The molecule has 1 N–H and O–H groups in total. The van der Waals surface area contributed by atoms with E-state index in [-0.39, 0.29) is 4.90 Å². The predicted octanol–water partition coefficient (Wildman–Crippen LogP) is 5.74. The van der Waals surface area contributed by atoms with Gasteiger partial charge in [0.05, 0.1) is 12.0 Å². The molecule has 6 rings (SSSR count). The highest BCUT2D eigenvalue weighted by molar-refractivity contribution is 7.90. The summed E-state index contributed by atoms with van der Waals surface area (Å²) in [5.41, 5.74) is 4.97. The Balaban J connectivity index is 1.54. The summed E-state index contributed by atoms with van der Waals surface area (Å²) in [5.74, 6) is 1.15. The normalized spacial score (nSPS) is 12.5. The fourth-order valence-electron chi connectivity index (χ4n) is 5.00. The largest absolute Gasteiger partial charge is 0.496 e. The first-order valence-corrected chi connectivity index (χ1v) is 14.4. The molecule has 0 fully saturated rings. The van der Waals surface area contributed by atoms with E-state index in [1.807, 2.05) is 68.6 Å². The number of para-hydroxylation sites is 1. The summed E-state index contributed by atoms with van der Waals surface area (Å²) in [7, 11) is -0.521. The van der Waals surface area contributed by atoms with Crippen LogP contribution in [0.1, 0.15) is 23.1 Å². The highest BCUT2D eigenvalue weighted by Gasteiger charge is 2.24. The lowest BCUT2D eigenvalue weighted by Gasteiger charge is -2.13. The molecule has 9 heteroatoms. The number of rotatable bonds is 7. The van der Waals surface area contributed by atoms with Gasteiger partial charge in [-0.3, -0.25) is 0 Å². The zero-order valence-corrected chi connectivity index (χ0v) is 23.6. The van der Waals surface area contributed by atoms with E-state index in [9.17, 15) is 13.5 Å². The zero-order chi connectivity index (χ0) is 28.7. The number of aliphatic hydroxyl groups is 1. The molecule has 3 aromatic heterocycles. The smallest absolute Gasteiger partial charge is 0.269 e. The van der Waals surface area contributed by atoms with Crippen LogP contribution in [0.15, 0.2) is 109 Å². The van der Waals surface area contributed by atoms with Crippen molar-refractivity contribution in [2.24, 2.45) is 7.05 Å². The van der Waals surface area contributed by atoms with Crippen LogP contribution in [0, 0.1) is 6.92 Å². The molecule has 41 heavy (non-hydrogen) atoms. The summed E-state index contributed by atoms with van der Waals surface area (Å²) < 4.78 is 36.3. The van der Waals surface area contributed by atoms with E-state index in [1.54, 1.807) is 60.7 Å². The van der Waals surface area contributed by atoms with Gasteiger partial charge in [0, 0.05) is 53.9 Å². The molecular weight excluding hydrogens is 536 g/mol. The van der Waals surface area contributed by atoms with Crippen LogP contribution in [-0.2, 0) is 17.1 Å². The molecule has 0 saturated heterocycles. The average Bonchev–Trinajstić information content (AvgIpc) is 3.60. The molecule has 0 radical (unpaired) electrons. The van der Waals surface area contributed by atoms with Crippen LogP contribution in [-0.4, -0.2) is 39.1 Å². The second kappa shape index (κ2) is 10.3. The third-order valence-corrected chi connectivity index (χ3v) is 8.89. The standard InChI is InChI=1S/C32H28N4O4S/c1-21-11-13-25(14-12-21)41(38,39)36-20-28(26-9-4-5-10-29(26)40-3)27-18-24(19-34-31(27)36)22-7-6-8-23(17-22)30(37)32-33-15-16-35(32)2/h4-20,30,37H,1-3H3. The summed E-state index contributed by atoms with van der Waals surface area (Å²) >= 11 is 0. The minimum absolute atomic E-state index is 0.174. The minimum Gasteiger partial charge on any atom is -0.496 e. The van der Waals surface area contributed by atoms with E-state index >= 15 is 0 Å². The lowest BCUT2D eigenvalue weighted by atomic mass is 9.99. The van der Waals surface area contributed by atoms with Crippen LogP contribution < -0.4 is 4.74 Å². The Morgan fingerprint density at radius 3 is 2.41 bits per heavy atom. The Hall–Kier alpha value is -4.73. The summed E-state index contributed by atoms with van der Waals surface area (Å²) in [6.45, 7) is 1.91. The van der Waals surface area contributed by atoms with Crippen LogP contribution in [0.25, 0.3) is 33.3 Å². The molecule has 1 unspecified atom stereocenters. The number of methoxy groups -OCH3 is 1. The topological polar surface area (TPSA) is 99.2 Å². The van der Waals surface area contributed by atoms with E-state index in [0.717, 1.165) is 22.3 Å². The number of nitrogens with zero attached hydrogens (tertiary/aromatic N) is 4. The number of aryl methyl sites for hydroxylation is 2. The van der Waals surface area contributed by atoms with Gasteiger partial charge in [-0.1, -0.05) is 54.1 Å². The van der Waals surface area contributed by atoms with Crippen molar-refractivity contribution in [2.45, 2.75) is 17.9 Å². The minimum atomic E-state index is -3.94. The van der Waals surface area contributed by atoms with Gasteiger partial charge in [0.25, 0.3) is 10.0 Å². The van der Waals surface area contributed by atoms with E-state index in [0.29, 0.717) is 33.7 Å². The number of benzene rings is 3. The molecule has 0 aliphatic rings. The van der Waals surface area contributed by atoms with E-state index in [1.165, 1.54) is 3.97 Å². The maximum absolute atomic E-state index is 13.8. The number of imidazole rings is 1. The van der Waals surface area contributed by atoms with Crippen LogP contribution >= 0.6 is 0 Å². The van der Waals surface area contributed by atoms with Gasteiger partial charge in [-0.2, -0.15) is 0 Å². The van der Waals surface area contributed by atoms with E-state index in [4.69, 9.17) is 4.74 Å². The molecule has 3 aromatic carbocycles. The van der Waals surface area contributed by atoms with Gasteiger partial charge in [-0.15, -0.1) is 0 Å². The Morgan fingerprint density at radius 1 is 0.902 bits per heavy atom. The van der Waals surface area contributed by atoms with Crippen molar-refractivity contribution < 1.29 is 18.3 Å². The van der Waals surface area contributed by atoms with Crippen molar-refractivity contribution in [1.82, 2.24) is 18.5 Å². The van der Waals surface area contributed by atoms with Crippen LogP contribution in [0.4, 0.5) is 0 Å². The van der Waals surface area contributed by atoms with Gasteiger partial charge in [0.1, 0.15) is 17.7 Å². The van der Waals surface area contributed by atoms with Crippen molar-refractivity contribution in [1.29, 1.82) is 0 Å². The van der Waals surface area contributed by atoms with Crippen LogP contribution in [0.3, 0.4) is 0 Å². The zero-order valence-electron chi connectivity index (χ0n) is 22.8. The summed E-state index contributed by atoms with van der Waals surface area (Å²) in [5, 5.41) is 11.6. The number of fused-ring (bicyclic) bond motifs is 1. The van der Waals surface area contributed by atoms with Crippen molar-refractivity contribution in [3.63, 3.8) is 0 Å². The molecule has 0 aliphatic heterocycles. The Kier molecular flexibility index (Phi) is 6.69. The van der Waals surface area contributed by atoms with Crippen LogP contribution in [0.2, 0.25) is 0 Å². The Morgan fingerprint density at radius 2 is 1.68 bits per heavy atom. The fourth-order valence-corrected chi connectivity index (χ4v) is 6.33. The van der Waals surface area contributed by atoms with Gasteiger partial charge >= 0.3 is 0 Å². The van der Waals surface area contributed by atoms with Gasteiger partial charge in [0.2, 0.25) is 0 Å². The second-order valence-electron chi connectivity index (χ2n) is 9.88. The van der Waals surface area contributed by atoms with Gasteiger partial charge in [0.15, 0.2) is 5.65 Å². The fraction of sp³-hybridized carbons (Fsp3) is 0.125. The summed E-state index contributed by atoms with van der Waals surface area (Å²) in [4.78, 5) is 9.13. The predicted molar refractivity (Wildman–Crippen MR) is 158 cm³/mol. The number of pyridine rings is 1. The molecular formula is C32H28N4O4S. The highest BCUT2D eigenvalue weighted by Crippen LogP contribution is 2.39. The number of aliphatic hydroxyl groups excluding tert-OH is 1. The second-order valence-corrected chi connectivity index (χ2v) is 11.7. The lowest BCUT2D eigenvalue weighted by molar-refractivity contribution is 0.206. The van der Waals surface area contributed by atoms with Gasteiger partial charge < -0.3 is 14.4 Å². The third-order valence-electron chi connectivity index (χ3n) is 7.23.